The molecule has 2 atom stereocenters. The van der Waals surface area contributed by atoms with E-state index < -0.39 is 0 Å². The first-order valence-electron chi connectivity index (χ1n) is 7.78. The molecule has 0 heterocycles. The standard InChI is InChI=1S/C17H24N2O/c1-12(13-7-8-13)19(15-9-10-15)17(20)11-16(18)14-5-3-2-4-6-14/h2-6,12-13,15-16H,7-11,18H2,1H3. The van der Waals surface area contributed by atoms with Crippen LogP contribution >= 0.6 is 0 Å². The number of amides is 1. The Morgan fingerprint density at radius 3 is 2.45 bits per heavy atom. The lowest BCUT2D eigenvalue weighted by Crippen LogP contribution is -2.42. The zero-order valence-electron chi connectivity index (χ0n) is 12.2. The van der Waals surface area contributed by atoms with Crippen LogP contribution in [0.25, 0.3) is 0 Å². The van der Waals surface area contributed by atoms with Crippen LogP contribution in [-0.2, 0) is 4.79 Å². The van der Waals surface area contributed by atoms with Gasteiger partial charge in [0, 0.05) is 24.5 Å². The Bertz CT molecular complexity index is 465. The Morgan fingerprint density at radius 1 is 1.25 bits per heavy atom. The molecule has 108 valence electrons. The largest absolute Gasteiger partial charge is 0.337 e. The molecule has 20 heavy (non-hydrogen) atoms. The van der Waals surface area contributed by atoms with Gasteiger partial charge in [0.15, 0.2) is 0 Å². The van der Waals surface area contributed by atoms with Crippen molar-refractivity contribution in [1.29, 1.82) is 0 Å². The topological polar surface area (TPSA) is 46.3 Å². The number of nitrogens with two attached hydrogens (primary N) is 1. The smallest absolute Gasteiger partial charge is 0.224 e. The lowest BCUT2D eigenvalue weighted by atomic mass is 10.0. The summed E-state index contributed by atoms with van der Waals surface area (Å²) in [5, 5.41) is 0. The van der Waals surface area contributed by atoms with Crippen molar-refractivity contribution < 1.29 is 4.79 Å². The van der Waals surface area contributed by atoms with Gasteiger partial charge < -0.3 is 10.6 Å². The fourth-order valence-corrected chi connectivity index (χ4v) is 3.03. The fourth-order valence-electron chi connectivity index (χ4n) is 3.03. The summed E-state index contributed by atoms with van der Waals surface area (Å²) in [6.07, 6.45) is 5.33. The molecular weight excluding hydrogens is 248 g/mol. The molecule has 3 nitrogen and oxygen atoms in total. The number of carbonyl (C=O) groups excluding carboxylic acids is 1. The first-order chi connectivity index (χ1) is 9.66. The van der Waals surface area contributed by atoms with Crippen LogP contribution in [0.4, 0.5) is 0 Å². The molecule has 2 aliphatic carbocycles. The Morgan fingerprint density at radius 2 is 1.90 bits per heavy atom. The molecule has 2 saturated carbocycles. The number of rotatable bonds is 6. The highest BCUT2D eigenvalue weighted by atomic mass is 16.2. The van der Waals surface area contributed by atoms with Crippen LogP contribution in [0.2, 0.25) is 0 Å². The molecule has 1 amide bonds. The first-order valence-corrected chi connectivity index (χ1v) is 7.78. The van der Waals surface area contributed by atoms with Gasteiger partial charge in [0.05, 0.1) is 0 Å². The van der Waals surface area contributed by atoms with Crippen molar-refractivity contribution in [2.24, 2.45) is 11.7 Å². The Balaban J connectivity index is 1.64. The number of hydrogen-bond acceptors (Lipinski definition) is 2. The van der Waals surface area contributed by atoms with Crippen molar-refractivity contribution in [3.8, 4) is 0 Å². The van der Waals surface area contributed by atoms with E-state index in [4.69, 9.17) is 5.73 Å². The minimum absolute atomic E-state index is 0.184. The van der Waals surface area contributed by atoms with Gasteiger partial charge in [-0.05, 0) is 44.1 Å². The Hall–Kier alpha value is -1.35. The second-order valence-corrected chi connectivity index (χ2v) is 6.33. The van der Waals surface area contributed by atoms with E-state index in [0.29, 0.717) is 18.5 Å². The summed E-state index contributed by atoms with van der Waals surface area (Å²) >= 11 is 0. The summed E-state index contributed by atoms with van der Waals surface area (Å²) in [6.45, 7) is 2.21. The van der Waals surface area contributed by atoms with Gasteiger partial charge in [-0.25, -0.2) is 0 Å². The van der Waals surface area contributed by atoms with Crippen LogP contribution in [0.3, 0.4) is 0 Å². The Kier molecular flexibility index (Phi) is 3.79. The van der Waals surface area contributed by atoms with E-state index in [1.54, 1.807) is 0 Å². The highest BCUT2D eigenvalue weighted by Gasteiger charge is 2.41. The molecule has 0 spiro atoms. The lowest BCUT2D eigenvalue weighted by Gasteiger charge is -2.30. The van der Waals surface area contributed by atoms with E-state index in [2.05, 4.69) is 11.8 Å². The molecule has 2 N–H and O–H groups in total. The van der Waals surface area contributed by atoms with Gasteiger partial charge in [-0.1, -0.05) is 30.3 Å². The van der Waals surface area contributed by atoms with E-state index in [1.165, 1.54) is 25.7 Å². The van der Waals surface area contributed by atoms with Gasteiger partial charge in [0.2, 0.25) is 5.91 Å². The van der Waals surface area contributed by atoms with Crippen molar-refractivity contribution in [2.75, 3.05) is 0 Å². The minimum atomic E-state index is -0.184. The summed E-state index contributed by atoms with van der Waals surface area (Å²) < 4.78 is 0. The van der Waals surface area contributed by atoms with E-state index in [0.717, 1.165) is 11.5 Å². The summed E-state index contributed by atoms with van der Waals surface area (Å²) in [5.41, 5.74) is 7.25. The normalized spacial score (nSPS) is 21.3. The van der Waals surface area contributed by atoms with Crippen LogP contribution in [0.15, 0.2) is 30.3 Å². The molecule has 0 aliphatic heterocycles. The van der Waals surface area contributed by atoms with E-state index in [1.807, 2.05) is 30.3 Å². The molecule has 0 radical (unpaired) electrons. The maximum absolute atomic E-state index is 12.6. The molecule has 0 bridgehead atoms. The van der Waals surface area contributed by atoms with Crippen LogP contribution < -0.4 is 5.73 Å². The quantitative estimate of drug-likeness (QED) is 0.865. The monoisotopic (exact) mass is 272 g/mol. The lowest BCUT2D eigenvalue weighted by molar-refractivity contribution is -0.134. The van der Waals surface area contributed by atoms with Crippen LogP contribution in [0.5, 0.6) is 0 Å². The van der Waals surface area contributed by atoms with E-state index in [-0.39, 0.29) is 11.9 Å². The molecule has 2 aliphatic rings. The van der Waals surface area contributed by atoms with E-state index >= 15 is 0 Å². The second-order valence-electron chi connectivity index (χ2n) is 6.33. The molecule has 1 aromatic carbocycles. The molecule has 0 aromatic heterocycles. The van der Waals surface area contributed by atoms with Crippen molar-refractivity contribution in [3.63, 3.8) is 0 Å². The van der Waals surface area contributed by atoms with Crippen molar-refractivity contribution in [3.05, 3.63) is 35.9 Å². The molecule has 2 unspecified atom stereocenters. The highest BCUT2D eigenvalue weighted by Crippen LogP contribution is 2.40. The van der Waals surface area contributed by atoms with Crippen LogP contribution in [-0.4, -0.2) is 22.9 Å². The predicted octanol–water partition coefficient (Wildman–Crippen LogP) is 2.87. The van der Waals surface area contributed by atoms with Crippen LogP contribution in [0, 0.1) is 5.92 Å². The third-order valence-corrected chi connectivity index (χ3v) is 4.59. The third kappa shape index (κ3) is 3.04. The fraction of sp³-hybridized carbons (Fsp3) is 0.588. The van der Waals surface area contributed by atoms with Gasteiger partial charge in [-0.2, -0.15) is 0 Å². The predicted molar refractivity (Wildman–Crippen MR) is 80.0 cm³/mol. The zero-order chi connectivity index (χ0) is 14.1. The first kappa shape index (κ1) is 13.6. The summed E-state index contributed by atoms with van der Waals surface area (Å²) in [4.78, 5) is 14.8. The van der Waals surface area contributed by atoms with Gasteiger partial charge in [-0.3, -0.25) is 4.79 Å². The SMILES string of the molecule is CC(C1CC1)N(C(=O)CC(N)c1ccccc1)C1CC1. The molecule has 3 rings (SSSR count). The van der Waals surface area contributed by atoms with Gasteiger partial charge in [0.25, 0.3) is 0 Å². The number of hydrogen-bond donors (Lipinski definition) is 1. The molecule has 1 aromatic rings. The average molecular weight is 272 g/mol. The average Bonchev–Trinajstić information content (AvgIpc) is 3.31. The van der Waals surface area contributed by atoms with Crippen molar-refractivity contribution in [2.45, 2.75) is 57.2 Å². The zero-order valence-corrected chi connectivity index (χ0v) is 12.2. The van der Waals surface area contributed by atoms with Crippen molar-refractivity contribution >= 4 is 5.91 Å². The summed E-state index contributed by atoms with van der Waals surface area (Å²) in [6, 6.07) is 10.6. The van der Waals surface area contributed by atoms with Gasteiger partial charge in [-0.15, -0.1) is 0 Å². The maximum Gasteiger partial charge on any atom is 0.224 e. The second kappa shape index (κ2) is 5.57. The maximum atomic E-state index is 12.6. The number of benzene rings is 1. The van der Waals surface area contributed by atoms with Crippen molar-refractivity contribution in [1.82, 2.24) is 4.90 Å². The molecular formula is C17H24N2O. The summed E-state index contributed by atoms with van der Waals surface area (Å²) in [7, 11) is 0. The van der Waals surface area contributed by atoms with Gasteiger partial charge in [0.1, 0.15) is 0 Å². The molecule has 3 heteroatoms. The Labute approximate surface area is 121 Å². The van der Waals surface area contributed by atoms with Crippen LogP contribution in [0.1, 0.15) is 50.6 Å². The van der Waals surface area contributed by atoms with Gasteiger partial charge >= 0.3 is 0 Å². The minimum Gasteiger partial charge on any atom is -0.337 e. The summed E-state index contributed by atoms with van der Waals surface area (Å²) in [5.74, 6) is 0.968. The molecule has 0 saturated heterocycles. The van der Waals surface area contributed by atoms with E-state index in [9.17, 15) is 4.79 Å². The third-order valence-electron chi connectivity index (χ3n) is 4.59. The number of nitrogens with zero attached hydrogens (tertiary/aromatic N) is 1. The molecule has 2 fully saturated rings. The number of carbonyl (C=O) groups is 1. The highest BCUT2D eigenvalue weighted by molar-refractivity contribution is 5.78.